The van der Waals surface area contributed by atoms with Crippen LogP contribution in [0.15, 0.2) is 52.1 Å². The summed E-state index contributed by atoms with van der Waals surface area (Å²) in [5, 5.41) is 21.7. The number of ketones is 1. The Balaban J connectivity index is 1.55. The average molecular weight is 678 g/mol. The molecule has 1 amide bonds. The van der Waals surface area contributed by atoms with Gasteiger partial charge in [0.25, 0.3) is 5.91 Å². The fourth-order valence-electron chi connectivity index (χ4n) is 4.59. The second-order valence-electron chi connectivity index (χ2n) is 9.26. The van der Waals surface area contributed by atoms with Gasteiger partial charge in [0.2, 0.25) is 10.9 Å². The van der Waals surface area contributed by atoms with E-state index in [9.17, 15) is 14.7 Å². The third kappa shape index (κ3) is 6.39. The molecule has 0 bridgehead atoms. The van der Waals surface area contributed by atoms with Crippen LogP contribution in [-0.2, 0) is 10.5 Å². The van der Waals surface area contributed by atoms with E-state index in [2.05, 4.69) is 15.2 Å². The fraction of sp³-hybridized carbons (Fsp3) is 0.276. The first-order valence-electron chi connectivity index (χ1n) is 13.2. The SMILES string of the molecule is CCOc1ccc(C2C(C(=O)c3sc(C)nc3C)=C(O)C(=O)N2c2nnc(SCc3ccc(Cl)cc3Cl)s2)cc1OCC. The van der Waals surface area contributed by atoms with Crippen LogP contribution in [0.4, 0.5) is 5.13 Å². The van der Waals surface area contributed by atoms with E-state index in [0.717, 1.165) is 5.56 Å². The molecule has 2 aromatic heterocycles. The molecular weight excluding hydrogens is 651 g/mol. The van der Waals surface area contributed by atoms with E-state index in [-0.39, 0.29) is 10.7 Å². The van der Waals surface area contributed by atoms with Crippen molar-refractivity contribution >= 4 is 74.5 Å². The predicted molar refractivity (Wildman–Crippen MR) is 171 cm³/mol. The number of nitrogens with zero attached hydrogens (tertiary/aromatic N) is 4. The van der Waals surface area contributed by atoms with Crippen molar-refractivity contribution in [2.24, 2.45) is 0 Å². The Morgan fingerprint density at radius 3 is 2.47 bits per heavy atom. The van der Waals surface area contributed by atoms with Gasteiger partial charge in [0.05, 0.1) is 40.4 Å². The summed E-state index contributed by atoms with van der Waals surface area (Å²) in [7, 11) is 0. The van der Waals surface area contributed by atoms with E-state index in [4.69, 9.17) is 32.7 Å². The molecule has 0 fully saturated rings. The van der Waals surface area contributed by atoms with Crippen LogP contribution in [0, 0.1) is 13.8 Å². The summed E-state index contributed by atoms with van der Waals surface area (Å²) in [4.78, 5) is 33.6. The van der Waals surface area contributed by atoms with Crippen molar-refractivity contribution in [2.75, 3.05) is 18.1 Å². The first-order chi connectivity index (χ1) is 20.6. The minimum atomic E-state index is -1.01. The van der Waals surface area contributed by atoms with Crippen LogP contribution in [0.5, 0.6) is 11.5 Å². The molecule has 0 saturated heterocycles. The zero-order valence-electron chi connectivity index (χ0n) is 23.5. The Bertz CT molecular complexity index is 1740. The second-order valence-corrected chi connectivity index (χ2v) is 13.5. The van der Waals surface area contributed by atoms with Crippen LogP contribution in [0.2, 0.25) is 10.0 Å². The molecule has 1 unspecified atom stereocenters. The number of hydrogen-bond donors (Lipinski definition) is 1. The van der Waals surface area contributed by atoms with Crippen LogP contribution in [0.25, 0.3) is 0 Å². The number of carbonyl (C=O) groups excluding carboxylic acids is 2. The first kappa shape index (κ1) is 31.3. The predicted octanol–water partition coefficient (Wildman–Crippen LogP) is 7.79. The molecule has 0 saturated carbocycles. The number of halogens is 2. The molecule has 1 atom stereocenters. The summed E-state index contributed by atoms with van der Waals surface area (Å²) in [6, 6.07) is 9.45. The molecular formula is C29H26Cl2N4O5S3. The van der Waals surface area contributed by atoms with Crippen molar-refractivity contribution in [3.8, 4) is 11.5 Å². The summed E-state index contributed by atoms with van der Waals surface area (Å²) >= 11 is 16.1. The van der Waals surface area contributed by atoms with Crippen LogP contribution in [-0.4, -0.2) is 45.2 Å². The Morgan fingerprint density at radius 1 is 1.05 bits per heavy atom. The molecule has 0 radical (unpaired) electrons. The number of Topliss-reactive ketones (excluding diaryl/α,β-unsaturated/α-hetero) is 1. The van der Waals surface area contributed by atoms with Crippen molar-refractivity contribution in [3.05, 3.63) is 84.5 Å². The smallest absolute Gasteiger partial charge is 0.296 e. The quantitative estimate of drug-likeness (QED) is 0.0965. The van der Waals surface area contributed by atoms with Crippen molar-refractivity contribution in [2.45, 2.75) is 43.8 Å². The normalized spacial score (nSPS) is 15.0. The number of aliphatic hydroxyl groups excluding tert-OH is 1. The Labute approximate surface area is 270 Å². The Hall–Kier alpha value is -3.16. The first-order valence-corrected chi connectivity index (χ1v) is 16.6. The van der Waals surface area contributed by atoms with E-state index in [0.29, 0.717) is 66.0 Å². The number of anilines is 1. The van der Waals surface area contributed by atoms with Crippen molar-refractivity contribution in [3.63, 3.8) is 0 Å². The van der Waals surface area contributed by atoms with E-state index in [1.807, 2.05) is 19.9 Å². The molecule has 1 aliphatic rings. The molecule has 4 aromatic rings. The van der Waals surface area contributed by atoms with Gasteiger partial charge in [-0.15, -0.1) is 21.5 Å². The van der Waals surface area contributed by atoms with Crippen LogP contribution < -0.4 is 14.4 Å². The molecule has 3 heterocycles. The molecule has 14 heteroatoms. The van der Waals surface area contributed by atoms with Gasteiger partial charge in [-0.1, -0.05) is 58.4 Å². The molecule has 5 rings (SSSR count). The van der Waals surface area contributed by atoms with Gasteiger partial charge in [0.15, 0.2) is 21.6 Å². The maximum absolute atomic E-state index is 14.0. The molecule has 0 spiro atoms. The lowest BCUT2D eigenvalue weighted by Gasteiger charge is -2.25. The molecule has 0 aliphatic carbocycles. The van der Waals surface area contributed by atoms with Gasteiger partial charge in [0.1, 0.15) is 0 Å². The second kappa shape index (κ2) is 13.2. The maximum atomic E-state index is 14.0. The number of aromatic nitrogens is 3. The third-order valence-corrected chi connectivity index (χ3v) is 10.2. The van der Waals surface area contributed by atoms with Gasteiger partial charge in [-0.3, -0.25) is 14.5 Å². The number of carbonyl (C=O) groups is 2. The number of rotatable bonds is 11. The van der Waals surface area contributed by atoms with Gasteiger partial charge >= 0.3 is 0 Å². The zero-order chi connectivity index (χ0) is 30.8. The van der Waals surface area contributed by atoms with E-state index in [1.54, 1.807) is 44.2 Å². The molecule has 1 N–H and O–H groups in total. The molecule has 224 valence electrons. The van der Waals surface area contributed by atoms with Gasteiger partial charge in [-0.25, -0.2) is 4.98 Å². The molecule has 1 aliphatic heterocycles. The largest absolute Gasteiger partial charge is 0.503 e. The van der Waals surface area contributed by atoms with E-state index < -0.39 is 23.5 Å². The summed E-state index contributed by atoms with van der Waals surface area (Å²) in [5.41, 5.74) is 1.85. The van der Waals surface area contributed by atoms with Crippen LogP contribution in [0.3, 0.4) is 0 Å². The minimum Gasteiger partial charge on any atom is -0.503 e. The molecule has 43 heavy (non-hydrogen) atoms. The third-order valence-electron chi connectivity index (χ3n) is 6.41. The number of aryl methyl sites for hydroxylation is 2. The van der Waals surface area contributed by atoms with Crippen molar-refractivity contribution in [1.29, 1.82) is 0 Å². The lowest BCUT2D eigenvalue weighted by atomic mass is 9.95. The number of ether oxygens (including phenoxy) is 2. The highest BCUT2D eigenvalue weighted by molar-refractivity contribution is 8.00. The summed E-state index contributed by atoms with van der Waals surface area (Å²) in [6.45, 7) is 8.03. The van der Waals surface area contributed by atoms with Gasteiger partial charge in [-0.05, 0) is 63.1 Å². The van der Waals surface area contributed by atoms with Gasteiger partial charge < -0.3 is 14.6 Å². The van der Waals surface area contributed by atoms with Crippen molar-refractivity contribution < 1.29 is 24.2 Å². The monoisotopic (exact) mass is 676 g/mol. The lowest BCUT2D eigenvalue weighted by molar-refractivity contribution is -0.117. The van der Waals surface area contributed by atoms with E-state index in [1.165, 1.54) is 39.3 Å². The lowest BCUT2D eigenvalue weighted by Crippen LogP contribution is -2.31. The summed E-state index contributed by atoms with van der Waals surface area (Å²) < 4.78 is 12.1. The number of aliphatic hydroxyl groups is 1. The fourth-order valence-corrected chi connectivity index (χ4v) is 7.89. The topological polar surface area (TPSA) is 115 Å². The van der Waals surface area contributed by atoms with Crippen LogP contribution >= 0.6 is 57.6 Å². The summed E-state index contributed by atoms with van der Waals surface area (Å²) in [5.74, 6) is -0.419. The Kier molecular flexibility index (Phi) is 9.62. The highest BCUT2D eigenvalue weighted by Gasteiger charge is 2.47. The average Bonchev–Trinajstić information content (AvgIpc) is 3.64. The van der Waals surface area contributed by atoms with E-state index >= 15 is 0 Å². The van der Waals surface area contributed by atoms with Gasteiger partial charge in [-0.2, -0.15) is 0 Å². The highest BCUT2D eigenvalue weighted by atomic mass is 35.5. The minimum absolute atomic E-state index is 0.0688. The Morgan fingerprint density at radius 2 is 1.79 bits per heavy atom. The number of thioether (sulfide) groups is 1. The number of amides is 1. The highest BCUT2D eigenvalue weighted by Crippen LogP contribution is 2.46. The van der Waals surface area contributed by atoms with Crippen LogP contribution in [0.1, 0.15) is 51.4 Å². The number of thiazole rings is 1. The summed E-state index contributed by atoms with van der Waals surface area (Å²) in [6.07, 6.45) is 0. The standard InChI is InChI=1S/C29H26Cl2N4O5S3/c1-5-39-20-10-8-16(11-21(20)40-6-2)23-22(24(36)26-14(3)32-15(4)42-26)25(37)27(38)35(23)28-33-34-29(43-28)41-13-17-7-9-18(30)12-19(17)31/h7-12,23,37H,5-6,13H2,1-4H3. The molecule has 2 aromatic carbocycles. The zero-order valence-corrected chi connectivity index (χ0v) is 27.5. The van der Waals surface area contributed by atoms with Gasteiger partial charge in [0, 0.05) is 15.8 Å². The number of hydrogen-bond acceptors (Lipinski definition) is 11. The maximum Gasteiger partial charge on any atom is 0.296 e. The number of benzene rings is 2. The molecule has 9 nitrogen and oxygen atoms in total. The van der Waals surface area contributed by atoms with Crippen molar-refractivity contribution in [1.82, 2.24) is 15.2 Å².